The van der Waals surface area contributed by atoms with Gasteiger partial charge in [0.25, 0.3) is 0 Å². The van der Waals surface area contributed by atoms with E-state index < -0.39 is 12.4 Å². The van der Waals surface area contributed by atoms with Crippen LogP contribution in [0.1, 0.15) is 25.7 Å². The highest BCUT2D eigenvalue weighted by atomic mass is 19.4. The van der Waals surface area contributed by atoms with Gasteiger partial charge in [-0.2, -0.15) is 13.2 Å². The van der Waals surface area contributed by atoms with Crippen molar-refractivity contribution < 1.29 is 18.3 Å². The van der Waals surface area contributed by atoms with Crippen LogP contribution in [0.3, 0.4) is 0 Å². The Morgan fingerprint density at radius 3 is 2.81 bits per heavy atom. The quantitative estimate of drug-likeness (QED) is 0.369. The SMILES string of the molecule is NC(=NC(O)C(F)(F)F)[C@H]1CCC2NCC(C3CC4=CC=CNC4N3)[C@H]2C1. The molecule has 4 aliphatic rings. The molecule has 1 saturated carbocycles. The van der Waals surface area contributed by atoms with Crippen LogP contribution in [-0.4, -0.2) is 48.1 Å². The molecule has 0 amide bonds. The van der Waals surface area contributed by atoms with Gasteiger partial charge in [0.2, 0.25) is 6.23 Å². The van der Waals surface area contributed by atoms with E-state index in [0.29, 0.717) is 36.8 Å². The fourth-order valence-corrected chi connectivity index (χ4v) is 5.07. The predicted octanol–water partition coefficient (Wildman–Crippen LogP) is 0.960. The fourth-order valence-electron chi connectivity index (χ4n) is 5.07. The molecule has 6 nitrogen and oxygen atoms in total. The second-order valence-corrected chi connectivity index (χ2v) is 8.00. The van der Waals surface area contributed by atoms with E-state index in [1.807, 2.05) is 12.3 Å². The van der Waals surface area contributed by atoms with Crippen LogP contribution in [0, 0.1) is 17.8 Å². The van der Waals surface area contributed by atoms with Gasteiger partial charge in [-0.3, -0.25) is 5.32 Å². The van der Waals surface area contributed by atoms with Gasteiger partial charge in [-0.15, -0.1) is 0 Å². The second-order valence-electron chi connectivity index (χ2n) is 8.00. The van der Waals surface area contributed by atoms with Crippen LogP contribution in [0.4, 0.5) is 13.2 Å². The number of halogens is 3. The van der Waals surface area contributed by atoms with Gasteiger partial charge in [-0.1, -0.05) is 6.08 Å². The lowest BCUT2D eigenvalue weighted by Gasteiger charge is -2.36. The third kappa shape index (κ3) is 3.72. The summed E-state index contributed by atoms with van der Waals surface area (Å²) in [6.45, 7) is 0.898. The Bertz CT molecular complexity index is 662. The van der Waals surface area contributed by atoms with Crippen LogP contribution in [0.2, 0.25) is 0 Å². The molecule has 4 rings (SSSR count). The molecule has 9 heteroatoms. The number of aliphatic imine (C=N–C) groups is 1. The van der Waals surface area contributed by atoms with Crippen molar-refractivity contribution in [1.29, 1.82) is 0 Å². The Balaban J connectivity index is 1.43. The number of hydrogen-bond acceptors (Lipinski definition) is 5. The number of fused-ring (bicyclic) bond motifs is 2. The summed E-state index contributed by atoms with van der Waals surface area (Å²) >= 11 is 0. The molecule has 0 aromatic rings. The van der Waals surface area contributed by atoms with Gasteiger partial charge in [-0.05, 0) is 55.4 Å². The Morgan fingerprint density at radius 1 is 1.26 bits per heavy atom. The molecule has 2 saturated heterocycles. The smallest absolute Gasteiger partial charge is 0.387 e. The van der Waals surface area contributed by atoms with Crippen LogP contribution in [-0.2, 0) is 0 Å². The standard InChI is InChI=1S/C18H26F3N5O/c19-18(20,21)17(27)26-15(22)9-3-4-13-11(6-9)12(8-24-13)14-7-10-2-1-5-23-16(10)25-14/h1-2,5,9,11-14,16-17,23-25,27H,3-4,6-8H2,(H2,22,26)/t9-,11+,12?,13?,14?,16?,17?/m0/s1. The third-order valence-electron chi connectivity index (χ3n) is 6.44. The molecule has 27 heavy (non-hydrogen) atoms. The van der Waals surface area contributed by atoms with Crippen molar-refractivity contribution in [2.75, 3.05) is 6.54 Å². The predicted molar refractivity (Wildman–Crippen MR) is 95.5 cm³/mol. The topological polar surface area (TPSA) is 94.7 Å². The molecule has 3 heterocycles. The molecule has 0 aromatic heterocycles. The number of hydrogen-bond donors (Lipinski definition) is 5. The lowest BCUT2D eigenvalue weighted by atomic mass is 9.72. The van der Waals surface area contributed by atoms with E-state index in [1.165, 1.54) is 5.57 Å². The average Bonchev–Trinajstić information content (AvgIpc) is 3.23. The van der Waals surface area contributed by atoms with Crippen molar-refractivity contribution >= 4 is 5.84 Å². The molecule has 3 fully saturated rings. The number of rotatable bonds is 3. The lowest BCUT2D eigenvalue weighted by molar-refractivity contribution is -0.200. The fraction of sp³-hybridized carbons (Fsp3) is 0.722. The van der Waals surface area contributed by atoms with Crippen molar-refractivity contribution in [2.24, 2.45) is 28.5 Å². The minimum Gasteiger partial charge on any atom is -0.387 e. The van der Waals surface area contributed by atoms with Crippen molar-refractivity contribution in [1.82, 2.24) is 16.0 Å². The summed E-state index contributed by atoms with van der Waals surface area (Å²) in [6.07, 6.45) is 1.96. The zero-order chi connectivity index (χ0) is 19.2. The van der Waals surface area contributed by atoms with Crippen LogP contribution in [0.5, 0.6) is 0 Å². The summed E-state index contributed by atoms with van der Waals surface area (Å²) in [5, 5.41) is 19.7. The Labute approximate surface area is 156 Å². The summed E-state index contributed by atoms with van der Waals surface area (Å²) in [6, 6.07) is 0.699. The number of nitrogens with one attached hydrogen (secondary N) is 3. The van der Waals surface area contributed by atoms with Gasteiger partial charge in [0.1, 0.15) is 5.84 Å². The monoisotopic (exact) mass is 385 g/mol. The van der Waals surface area contributed by atoms with E-state index in [9.17, 15) is 18.3 Å². The zero-order valence-electron chi connectivity index (χ0n) is 14.9. The number of amidine groups is 1. The highest BCUT2D eigenvalue weighted by Crippen LogP contribution is 2.42. The van der Waals surface area contributed by atoms with E-state index >= 15 is 0 Å². The number of nitrogens with two attached hydrogens (primary N) is 1. The second kappa shape index (κ2) is 7.10. The minimum absolute atomic E-state index is 0.0782. The van der Waals surface area contributed by atoms with E-state index in [1.54, 1.807) is 0 Å². The molecule has 1 aliphatic carbocycles. The number of allylic oxidation sites excluding steroid dienone is 2. The number of aliphatic hydroxyl groups is 1. The van der Waals surface area contributed by atoms with E-state index in [0.717, 1.165) is 19.4 Å². The van der Waals surface area contributed by atoms with Crippen LogP contribution >= 0.6 is 0 Å². The van der Waals surface area contributed by atoms with Gasteiger partial charge in [0, 0.05) is 24.5 Å². The molecule has 0 spiro atoms. The summed E-state index contributed by atoms with van der Waals surface area (Å²) in [5.74, 6) is 0.442. The van der Waals surface area contributed by atoms with Crippen LogP contribution in [0.25, 0.3) is 0 Å². The third-order valence-corrected chi connectivity index (χ3v) is 6.44. The highest BCUT2D eigenvalue weighted by molar-refractivity contribution is 5.83. The molecule has 3 aliphatic heterocycles. The Kier molecular flexibility index (Phi) is 4.94. The minimum atomic E-state index is -4.78. The summed E-state index contributed by atoms with van der Waals surface area (Å²) in [5.41, 5.74) is 7.19. The largest absolute Gasteiger partial charge is 0.435 e. The molecule has 7 atom stereocenters. The average molecular weight is 385 g/mol. The van der Waals surface area contributed by atoms with Crippen molar-refractivity contribution in [3.63, 3.8) is 0 Å². The summed E-state index contributed by atoms with van der Waals surface area (Å²) < 4.78 is 37.7. The molecule has 150 valence electrons. The first kappa shape index (κ1) is 18.8. The molecule has 0 aromatic carbocycles. The van der Waals surface area contributed by atoms with Gasteiger partial charge in [0.05, 0.1) is 6.17 Å². The van der Waals surface area contributed by atoms with Gasteiger partial charge in [0.15, 0.2) is 0 Å². The zero-order valence-corrected chi connectivity index (χ0v) is 14.9. The molecule has 0 radical (unpaired) electrons. The van der Waals surface area contributed by atoms with Crippen LogP contribution in [0.15, 0.2) is 28.9 Å². The van der Waals surface area contributed by atoms with Crippen LogP contribution < -0.4 is 21.7 Å². The maximum absolute atomic E-state index is 12.6. The first-order chi connectivity index (χ1) is 12.8. The first-order valence-electron chi connectivity index (χ1n) is 9.52. The number of aliphatic hydroxyl groups excluding tert-OH is 1. The van der Waals surface area contributed by atoms with E-state index in [4.69, 9.17) is 5.73 Å². The Hall–Kier alpha value is -1.58. The van der Waals surface area contributed by atoms with Crippen molar-refractivity contribution in [3.8, 4) is 0 Å². The maximum atomic E-state index is 12.6. The normalized spacial score (nSPS) is 40.1. The molecule has 6 N–H and O–H groups in total. The van der Waals surface area contributed by atoms with Crippen molar-refractivity contribution in [2.45, 2.75) is 56.3 Å². The Morgan fingerprint density at radius 2 is 2.07 bits per heavy atom. The number of alkyl halides is 3. The van der Waals surface area contributed by atoms with Crippen molar-refractivity contribution in [3.05, 3.63) is 23.9 Å². The first-order valence-corrected chi connectivity index (χ1v) is 9.52. The molecular weight excluding hydrogens is 359 g/mol. The molecular formula is C18H26F3N5O. The van der Waals surface area contributed by atoms with E-state index in [2.05, 4.69) is 27.0 Å². The number of dihydropyridines is 1. The summed E-state index contributed by atoms with van der Waals surface area (Å²) in [7, 11) is 0. The van der Waals surface area contributed by atoms with Gasteiger partial charge in [-0.25, -0.2) is 4.99 Å². The number of nitrogens with zero attached hydrogens (tertiary/aromatic N) is 1. The maximum Gasteiger partial charge on any atom is 0.435 e. The van der Waals surface area contributed by atoms with Gasteiger partial charge >= 0.3 is 6.18 Å². The molecule has 0 bridgehead atoms. The summed E-state index contributed by atoms with van der Waals surface area (Å²) in [4.78, 5) is 3.33. The molecule has 5 unspecified atom stereocenters. The van der Waals surface area contributed by atoms with E-state index in [-0.39, 0.29) is 17.9 Å². The lowest BCUT2D eigenvalue weighted by Crippen LogP contribution is -2.45. The highest BCUT2D eigenvalue weighted by Gasteiger charge is 2.47. The van der Waals surface area contributed by atoms with Gasteiger partial charge < -0.3 is 21.5 Å².